The third kappa shape index (κ3) is 3.54. The first-order valence-electron chi connectivity index (χ1n) is 5.50. The first-order chi connectivity index (χ1) is 8.24. The summed E-state index contributed by atoms with van der Waals surface area (Å²) >= 11 is 1.60. The topological polar surface area (TPSA) is 76.8 Å². The van der Waals surface area contributed by atoms with Gasteiger partial charge in [-0.15, -0.1) is 0 Å². The Bertz CT molecular complexity index is 385. The first kappa shape index (κ1) is 13.7. The highest BCUT2D eigenvalue weighted by Crippen LogP contribution is 2.26. The van der Waals surface area contributed by atoms with E-state index in [1.165, 1.54) is 0 Å². The van der Waals surface area contributed by atoms with Gasteiger partial charge < -0.3 is 5.73 Å². The van der Waals surface area contributed by atoms with Gasteiger partial charge >= 0.3 is 0 Å². The third-order valence-corrected chi connectivity index (χ3v) is 3.40. The zero-order valence-corrected chi connectivity index (χ0v) is 10.7. The molecule has 1 rings (SSSR count). The van der Waals surface area contributed by atoms with E-state index in [0.29, 0.717) is 0 Å². The van der Waals surface area contributed by atoms with Crippen molar-refractivity contribution in [1.29, 1.82) is 10.5 Å². The molecule has 90 valence electrons. The molecule has 0 fully saturated rings. The highest BCUT2D eigenvalue weighted by Gasteiger charge is 2.25. The Morgan fingerprint density at radius 2 is 2.06 bits per heavy atom. The molecule has 0 aliphatic carbocycles. The van der Waals surface area contributed by atoms with E-state index in [9.17, 15) is 0 Å². The molecule has 4 nitrogen and oxygen atoms in total. The monoisotopic (exact) mass is 248 g/mol. The summed E-state index contributed by atoms with van der Waals surface area (Å²) in [5.74, 6) is 0. The minimum absolute atomic E-state index is 0.0504. The minimum atomic E-state index is -0.0636. The highest BCUT2D eigenvalue weighted by molar-refractivity contribution is 7.07. The quantitative estimate of drug-likeness (QED) is 0.780. The fourth-order valence-corrected chi connectivity index (χ4v) is 2.52. The summed E-state index contributed by atoms with van der Waals surface area (Å²) in [5.41, 5.74) is 7.21. The lowest BCUT2D eigenvalue weighted by Gasteiger charge is -2.31. The van der Waals surface area contributed by atoms with Gasteiger partial charge in [0.25, 0.3) is 0 Å². The Morgan fingerprint density at radius 1 is 1.41 bits per heavy atom. The molecule has 2 unspecified atom stereocenters. The van der Waals surface area contributed by atoms with Gasteiger partial charge in [0, 0.05) is 6.04 Å². The molecule has 2 N–H and O–H groups in total. The largest absolute Gasteiger partial charge is 0.326 e. The van der Waals surface area contributed by atoms with E-state index in [2.05, 4.69) is 12.1 Å². The van der Waals surface area contributed by atoms with Crippen molar-refractivity contribution in [3.05, 3.63) is 22.4 Å². The van der Waals surface area contributed by atoms with E-state index in [1.54, 1.807) is 11.3 Å². The van der Waals surface area contributed by atoms with Gasteiger partial charge in [0.1, 0.15) is 0 Å². The predicted molar refractivity (Wildman–Crippen MR) is 68.1 cm³/mol. The van der Waals surface area contributed by atoms with E-state index in [1.807, 2.05) is 28.7 Å². The Hall–Kier alpha value is -1.40. The van der Waals surface area contributed by atoms with Crippen LogP contribution < -0.4 is 5.73 Å². The second-order valence-corrected chi connectivity index (χ2v) is 4.57. The van der Waals surface area contributed by atoms with Crippen molar-refractivity contribution < 1.29 is 0 Å². The lowest BCUT2D eigenvalue weighted by Crippen LogP contribution is -2.41. The predicted octanol–water partition coefficient (Wildman–Crippen LogP) is 1.88. The molecule has 0 aliphatic heterocycles. The van der Waals surface area contributed by atoms with Crippen LogP contribution in [0.25, 0.3) is 0 Å². The van der Waals surface area contributed by atoms with Crippen LogP contribution in [-0.2, 0) is 0 Å². The Morgan fingerprint density at radius 3 is 2.47 bits per heavy atom. The van der Waals surface area contributed by atoms with Crippen LogP contribution in [0.3, 0.4) is 0 Å². The van der Waals surface area contributed by atoms with Crippen molar-refractivity contribution >= 4 is 11.3 Å². The van der Waals surface area contributed by atoms with Crippen LogP contribution in [0.4, 0.5) is 0 Å². The smallest absolute Gasteiger partial charge is 0.0879 e. The molecule has 1 aromatic heterocycles. The van der Waals surface area contributed by atoms with E-state index in [4.69, 9.17) is 16.3 Å². The van der Waals surface area contributed by atoms with Crippen LogP contribution in [0.1, 0.15) is 24.9 Å². The molecule has 1 heterocycles. The van der Waals surface area contributed by atoms with Crippen LogP contribution in [-0.4, -0.2) is 24.0 Å². The molecular weight excluding hydrogens is 232 g/mol. The summed E-state index contributed by atoms with van der Waals surface area (Å²) in [6, 6.07) is 6.09. The van der Waals surface area contributed by atoms with Crippen LogP contribution in [0.2, 0.25) is 0 Å². The van der Waals surface area contributed by atoms with Gasteiger partial charge in [0.05, 0.1) is 31.3 Å². The lowest BCUT2D eigenvalue weighted by molar-refractivity contribution is 0.212. The van der Waals surface area contributed by atoms with Gasteiger partial charge in [-0.2, -0.15) is 21.9 Å². The number of hydrogen-bond donors (Lipinski definition) is 1. The zero-order chi connectivity index (χ0) is 12.7. The van der Waals surface area contributed by atoms with Gasteiger partial charge in [0.15, 0.2) is 0 Å². The van der Waals surface area contributed by atoms with Crippen LogP contribution in [0.5, 0.6) is 0 Å². The Balaban J connectivity index is 2.96. The maximum absolute atomic E-state index is 8.82. The maximum Gasteiger partial charge on any atom is 0.0879 e. The fraction of sp³-hybridized carbons (Fsp3) is 0.500. The standard InChI is InChI=1S/C12H16N4S/c1-2-11(15)12(10-3-8-17-9-10)16(6-4-13)7-5-14/h3,8-9,11-12H,2,6-7,15H2,1H3. The summed E-state index contributed by atoms with van der Waals surface area (Å²) in [5, 5.41) is 21.7. The van der Waals surface area contributed by atoms with Crippen molar-refractivity contribution in [2.75, 3.05) is 13.1 Å². The normalized spacial score (nSPS) is 13.9. The molecule has 0 aliphatic rings. The number of thiophene rings is 1. The molecule has 0 spiro atoms. The molecule has 1 aromatic rings. The Kier molecular flexibility index (Phi) is 5.65. The maximum atomic E-state index is 8.82. The van der Waals surface area contributed by atoms with Crippen molar-refractivity contribution in [3.8, 4) is 12.1 Å². The summed E-state index contributed by atoms with van der Waals surface area (Å²) < 4.78 is 0. The zero-order valence-electron chi connectivity index (χ0n) is 9.84. The van der Waals surface area contributed by atoms with Gasteiger partial charge in [-0.3, -0.25) is 4.90 Å². The van der Waals surface area contributed by atoms with Gasteiger partial charge in [0.2, 0.25) is 0 Å². The SMILES string of the molecule is CCC(N)C(c1ccsc1)N(CC#N)CC#N. The number of nitrogens with zero attached hydrogens (tertiary/aromatic N) is 3. The van der Waals surface area contributed by atoms with Gasteiger partial charge in [-0.05, 0) is 28.8 Å². The first-order valence-corrected chi connectivity index (χ1v) is 6.44. The van der Waals surface area contributed by atoms with E-state index in [-0.39, 0.29) is 25.2 Å². The number of nitriles is 2. The second kappa shape index (κ2) is 7.03. The van der Waals surface area contributed by atoms with E-state index < -0.39 is 0 Å². The van der Waals surface area contributed by atoms with Crippen LogP contribution >= 0.6 is 11.3 Å². The highest BCUT2D eigenvalue weighted by atomic mass is 32.1. The fourth-order valence-electron chi connectivity index (χ4n) is 1.83. The number of rotatable bonds is 6. The molecule has 0 bridgehead atoms. The summed E-state index contributed by atoms with van der Waals surface area (Å²) in [6.07, 6.45) is 0.813. The van der Waals surface area contributed by atoms with Crippen LogP contribution in [0, 0.1) is 22.7 Å². The molecule has 0 aromatic carbocycles. The minimum Gasteiger partial charge on any atom is -0.326 e. The van der Waals surface area contributed by atoms with E-state index in [0.717, 1.165) is 12.0 Å². The molecule has 0 radical (unpaired) electrons. The van der Waals surface area contributed by atoms with Gasteiger partial charge in [-0.25, -0.2) is 0 Å². The Labute approximate surface area is 106 Å². The van der Waals surface area contributed by atoms with Gasteiger partial charge in [-0.1, -0.05) is 6.92 Å². The van der Waals surface area contributed by atoms with Crippen molar-refractivity contribution in [2.24, 2.45) is 5.73 Å². The van der Waals surface area contributed by atoms with Crippen LogP contribution in [0.15, 0.2) is 16.8 Å². The summed E-state index contributed by atoms with van der Waals surface area (Å²) in [7, 11) is 0. The number of hydrogen-bond acceptors (Lipinski definition) is 5. The molecule has 2 atom stereocenters. The molecule has 0 amide bonds. The molecule has 0 saturated heterocycles. The summed E-state index contributed by atoms with van der Waals surface area (Å²) in [4.78, 5) is 1.83. The average Bonchev–Trinajstić information content (AvgIpc) is 2.83. The third-order valence-electron chi connectivity index (χ3n) is 2.70. The second-order valence-electron chi connectivity index (χ2n) is 3.79. The average molecular weight is 248 g/mol. The van der Waals surface area contributed by atoms with Crippen molar-refractivity contribution in [1.82, 2.24) is 4.90 Å². The molecule has 5 heteroatoms. The molecular formula is C12H16N4S. The van der Waals surface area contributed by atoms with Crippen molar-refractivity contribution in [3.63, 3.8) is 0 Å². The molecule has 0 saturated carbocycles. The summed E-state index contributed by atoms with van der Waals surface area (Å²) in [6.45, 7) is 2.46. The van der Waals surface area contributed by atoms with E-state index >= 15 is 0 Å². The van der Waals surface area contributed by atoms with Crippen molar-refractivity contribution in [2.45, 2.75) is 25.4 Å². The lowest BCUT2D eigenvalue weighted by atomic mass is 9.99. The molecule has 17 heavy (non-hydrogen) atoms. The number of nitrogens with two attached hydrogens (primary N) is 1.